The minimum Gasteiger partial charge on any atom is -0.331 e. The fourth-order valence-corrected chi connectivity index (χ4v) is 2.15. The third kappa shape index (κ3) is 4.96. The van der Waals surface area contributed by atoms with Crippen molar-refractivity contribution in [2.24, 2.45) is 0 Å². The highest BCUT2D eigenvalue weighted by atomic mass is 127. The Kier molecular flexibility index (Phi) is 5.41. The van der Waals surface area contributed by atoms with Gasteiger partial charge in [-0.05, 0) is 83.3 Å². The smallest absolute Gasteiger partial charge is 0.189 e. The van der Waals surface area contributed by atoms with Gasteiger partial charge < -0.3 is 5.32 Å². The van der Waals surface area contributed by atoms with Crippen LogP contribution >= 0.6 is 50.7 Å². The monoisotopic (exact) mass is 447 g/mol. The van der Waals surface area contributed by atoms with Gasteiger partial charge in [-0.2, -0.15) is 0 Å². The lowest BCUT2D eigenvalue weighted by molar-refractivity contribution is 1.14. The van der Waals surface area contributed by atoms with Gasteiger partial charge in [-0.3, -0.25) is 10.9 Å². The van der Waals surface area contributed by atoms with Crippen LogP contribution in [0.5, 0.6) is 0 Å². The SMILES string of the molecule is S=C(NNc1ccc(I)cc1)Nc1ccc(Br)cc1. The van der Waals surface area contributed by atoms with E-state index in [0.29, 0.717) is 5.11 Å². The topological polar surface area (TPSA) is 36.1 Å². The number of hydrazine groups is 1. The molecule has 0 aromatic heterocycles. The Morgan fingerprint density at radius 1 is 0.947 bits per heavy atom. The Bertz CT molecular complexity index is 557. The Balaban J connectivity index is 1.84. The van der Waals surface area contributed by atoms with Crippen LogP contribution in [-0.2, 0) is 0 Å². The van der Waals surface area contributed by atoms with Gasteiger partial charge in [0.1, 0.15) is 0 Å². The van der Waals surface area contributed by atoms with Crippen LogP contribution in [-0.4, -0.2) is 5.11 Å². The predicted octanol–water partition coefficient (Wildman–Crippen LogP) is 4.37. The minimum atomic E-state index is 0.515. The van der Waals surface area contributed by atoms with Crippen molar-refractivity contribution >= 4 is 67.2 Å². The number of hydrogen-bond acceptors (Lipinski definition) is 2. The zero-order chi connectivity index (χ0) is 13.7. The molecule has 0 fully saturated rings. The highest BCUT2D eigenvalue weighted by Gasteiger charge is 1.97. The third-order valence-electron chi connectivity index (χ3n) is 2.27. The van der Waals surface area contributed by atoms with E-state index in [-0.39, 0.29) is 0 Å². The molecule has 2 aromatic rings. The van der Waals surface area contributed by atoms with Crippen LogP contribution in [0.15, 0.2) is 53.0 Å². The highest BCUT2D eigenvalue weighted by Crippen LogP contribution is 2.14. The average molecular weight is 448 g/mol. The van der Waals surface area contributed by atoms with Crippen LogP contribution in [0.4, 0.5) is 11.4 Å². The van der Waals surface area contributed by atoms with Crippen molar-refractivity contribution in [3.63, 3.8) is 0 Å². The van der Waals surface area contributed by atoms with Gasteiger partial charge in [-0.15, -0.1) is 0 Å². The number of halogens is 2. The van der Waals surface area contributed by atoms with Gasteiger partial charge in [0.15, 0.2) is 5.11 Å². The van der Waals surface area contributed by atoms with Crippen LogP contribution in [0, 0.1) is 3.57 Å². The standard InChI is InChI=1S/C13H11BrIN3S/c14-9-1-5-11(6-2-9)16-13(19)18-17-12-7-3-10(15)4-8-12/h1-8,17H,(H2,16,18,19). The van der Waals surface area contributed by atoms with Crippen molar-refractivity contribution in [3.05, 3.63) is 56.6 Å². The van der Waals surface area contributed by atoms with Gasteiger partial charge in [0, 0.05) is 13.7 Å². The first-order chi connectivity index (χ1) is 9.13. The summed E-state index contributed by atoms with van der Waals surface area (Å²) in [7, 11) is 0. The van der Waals surface area contributed by atoms with Gasteiger partial charge in [0.05, 0.1) is 5.69 Å². The molecule has 0 aliphatic carbocycles. The molecule has 0 atom stereocenters. The molecule has 0 radical (unpaired) electrons. The molecule has 0 aliphatic rings. The first-order valence-corrected chi connectivity index (χ1v) is 7.75. The second kappa shape index (κ2) is 7.06. The van der Waals surface area contributed by atoms with Gasteiger partial charge in [-0.25, -0.2) is 0 Å². The first kappa shape index (κ1) is 14.5. The number of nitrogens with one attached hydrogen (secondary N) is 3. The molecule has 98 valence electrons. The molecule has 2 aromatic carbocycles. The van der Waals surface area contributed by atoms with Crippen molar-refractivity contribution in [1.29, 1.82) is 0 Å². The van der Waals surface area contributed by atoms with Crippen LogP contribution in [0.2, 0.25) is 0 Å². The van der Waals surface area contributed by atoms with Crippen molar-refractivity contribution < 1.29 is 0 Å². The number of benzene rings is 2. The first-order valence-electron chi connectivity index (χ1n) is 5.47. The van der Waals surface area contributed by atoms with E-state index in [1.54, 1.807) is 0 Å². The normalized spacial score (nSPS) is 9.79. The molecule has 3 nitrogen and oxygen atoms in total. The van der Waals surface area contributed by atoms with E-state index in [1.807, 2.05) is 48.5 Å². The summed E-state index contributed by atoms with van der Waals surface area (Å²) in [5, 5.41) is 3.60. The summed E-state index contributed by atoms with van der Waals surface area (Å²) in [6, 6.07) is 15.8. The lowest BCUT2D eigenvalue weighted by Gasteiger charge is -2.12. The fraction of sp³-hybridized carbons (Fsp3) is 0. The van der Waals surface area contributed by atoms with Crippen molar-refractivity contribution in [2.75, 3.05) is 10.7 Å². The zero-order valence-electron chi connectivity index (χ0n) is 9.78. The van der Waals surface area contributed by atoms with Gasteiger partial charge >= 0.3 is 0 Å². The number of anilines is 2. The number of thiocarbonyl (C=S) groups is 1. The van der Waals surface area contributed by atoms with Crippen LogP contribution in [0.25, 0.3) is 0 Å². The summed E-state index contributed by atoms with van der Waals surface area (Å²) in [6.45, 7) is 0. The molecule has 0 saturated heterocycles. The zero-order valence-corrected chi connectivity index (χ0v) is 14.3. The Morgan fingerprint density at radius 3 is 2.16 bits per heavy atom. The van der Waals surface area contributed by atoms with Crippen molar-refractivity contribution in [2.45, 2.75) is 0 Å². The summed E-state index contributed by atoms with van der Waals surface area (Å²) >= 11 is 10.9. The molecule has 2 rings (SSSR count). The molecule has 0 aliphatic heterocycles. The second-order valence-corrected chi connectivity index (χ2v) is 6.29. The maximum atomic E-state index is 5.20. The molecule has 19 heavy (non-hydrogen) atoms. The van der Waals surface area contributed by atoms with E-state index in [4.69, 9.17) is 12.2 Å². The lowest BCUT2D eigenvalue weighted by atomic mass is 10.3. The van der Waals surface area contributed by atoms with E-state index >= 15 is 0 Å². The van der Waals surface area contributed by atoms with Gasteiger partial charge in [0.2, 0.25) is 0 Å². The minimum absolute atomic E-state index is 0.515. The van der Waals surface area contributed by atoms with E-state index in [2.05, 4.69) is 54.7 Å². The fourth-order valence-electron chi connectivity index (χ4n) is 1.36. The average Bonchev–Trinajstić information content (AvgIpc) is 2.41. The Hall–Kier alpha value is -0.860. The molecule has 0 amide bonds. The van der Waals surface area contributed by atoms with E-state index < -0.39 is 0 Å². The van der Waals surface area contributed by atoms with Crippen LogP contribution in [0.1, 0.15) is 0 Å². The molecule has 0 unspecified atom stereocenters. The van der Waals surface area contributed by atoms with Crippen molar-refractivity contribution in [3.8, 4) is 0 Å². The number of rotatable bonds is 3. The molecular weight excluding hydrogens is 437 g/mol. The maximum Gasteiger partial charge on any atom is 0.189 e. The summed E-state index contributed by atoms with van der Waals surface area (Å²) < 4.78 is 2.23. The summed E-state index contributed by atoms with van der Waals surface area (Å²) in [4.78, 5) is 0. The predicted molar refractivity (Wildman–Crippen MR) is 96.3 cm³/mol. The van der Waals surface area contributed by atoms with Crippen LogP contribution in [0.3, 0.4) is 0 Å². The summed E-state index contributed by atoms with van der Waals surface area (Å²) in [6.07, 6.45) is 0. The molecular formula is C13H11BrIN3S. The quantitative estimate of drug-likeness (QED) is 0.371. The molecule has 6 heteroatoms. The second-order valence-electron chi connectivity index (χ2n) is 3.72. The van der Waals surface area contributed by atoms with Crippen LogP contribution < -0.4 is 16.2 Å². The third-order valence-corrected chi connectivity index (χ3v) is 3.72. The highest BCUT2D eigenvalue weighted by molar-refractivity contribution is 14.1. The Morgan fingerprint density at radius 2 is 1.53 bits per heavy atom. The lowest BCUT2D eigenvalue weighted by Crippen LogP contribution is -2.33. The van der Waals surface area contributed by atoms with E-state index in [1.165, 1.54) is 3.57 Å². The number of hydrogen-bond donors (Lipinski definition) is 3. The van der Waals surface area contributed by atoms with E-state index in [0.717, 1.165) is 15.8 Å². The van der Waals surface area contributed by atoms with Gasteiger partial charge in [0.25, 0.3) is 0 Å². The summed E-state index contributed by atoms with van der Waals surface area (Å²) in [5.41, 5.74) is 7.87. The Labute approximate surface area is 139 Å². The molecule has 0 bridgehead atoms. The van der Waals surface area contributed by atoms with Gasteiger partial charge in [-0.1, -0.05) is 15.9 Å². The largest absolute Gasteiger partial charge is 0.331 e. The maximum absolute atomic E-state index is 5.20. The summed E-state index contributed by atoms with van der Waals surface area (Å²) in [5.74, 6) is 0. The molecule has 0 spiro atoms. The molecule has 3 N–H and O–H groups in total. The van der Waals surface area contributed by atoms with E-state index in [9.17, 15) is 0 Å². The molecule has 0 heterocycles. The van der Waals surface area contributed by atoms with Crippen molar-refractivity contribution in [1.82, 2.24) is 5.43 Å². The molecule has 0 saturated carbocycles.